The Morgan fingerprint density at radius 2 is 2.00 bits per heavy atom. The smallest absolute Gasteiger partial charge is 0.264 e. The Morgan fingerprint density at radius 3 is 2.76 bits per heavy atom. The molecule has 250 valence electrons. The van der Waals surface area contributed by atoms with Crippen LogP contribution >= 0.6 is 11.6 Å². The second-order valence-electron chi connectivity index (χ2n) is 14.0. The van der Waals surface area contributed by atoms with Crippen LogP contribution in [-0.4, -0.2) is 65.2 Å². The molecule has 2 aromatic carbocycles. The van der Waals surface area contributed by atoms with Gasteiger partial charge in [-0.3, -0.25) is 4.79 Å². The summed E-state index contributed by atoms with van der Waals surface area (Å²) in [6.07, 6.45) is 9.72. The molecule has 2 aliphatic carbocycles. The van der Waals surface area contributed by atoms with E-state index in [0.29, 0.717) is 42.8 Å². The SMILES string of the molecule is CO[C@@H](C)CO[C@H]1/C=C/C[C@H](C)[C@@H](C)S(=O)(=O)NC(=O)c2ccc3c(c2)N(C[C@@H]2CC[C@H]21)C[C@@]1(CCCc2cc(Cl)ccc21)CO3. The van der Waals surface area contributed by atoms with Crippen LogP contribution in [0.3, 0.4) is 0 Å². The molecule has 1 saturated carbocycles. The Bertz CT molecular complexity index is 1580. The van der Waals surface area contributed by atoms with E-state index in [0.717, 1.165) is 55.9 Å². The number of carbonyl (C=O) groups excluding carboxylic acids is 1. The predicted octanol–water partition coefficient (Wildman–Crippen LogP) is 6.30. The Hall–Kier alpha value is -2.59. The van der Waals surface area contributed by atoms with Gasteiger partial charge in [-0.1, -0.05) is 36.7 Å². The molecule has 0 radical (unpaired) electrons. The summed E-state index contributed by atoms with van der Waals surface area (Å²) in [5.41, 5.74) is 3.41. The molecule has 1 amide bonds. The van der Waals surface area contributed by atoms with Crippen LogP contribution in [0.4, 0.5) is 5.69 Å². The highest BCUT2D eigenvalue weighted by atomic mass is 35.5. The molecule has 6 rings (SSSR count). The second-order valence-corrected chi connectivity index (χ2v) is 16.4. The fourth-order valence-corrected chi connectivity index (χ4v) is 9.11. The van der Waals surface area contributed by atoms with E-state index in [4.69, 9.17) is 25.8 Å². The summed E-state index contributed by atoms with van der Waals surface area (Å²) in [6.45, 7) is 8.05. The minimum Gasteiger partial charge on any atom is -0.490 e. The molecule has 0 saturated heterocycles. The van der Waals surface area contributed by atoms with Crippen molar-refractivity contribution in [3.05, 3.63) is 70.3 Å². The van der Waals surface area contributed by atoms with Crippen LogP contribution in [0.15, 0.2) is 48.6 Å². The Morgan fingerprint density at radius 1 is 1.17 bits per heavy atom. The molecule has 2 heterocycles. The first-order chi connectivity index (χ1) is 22.0. The first-order valence-corrected chi connectivity index (χ1v) is 18.6. The number of amides is 1. The summed E-state index contributed by atoms with van der Waals surface area (Å²) in [6, 6.07) is 11.5. The zero-order chi connectivity index (χ0) is 32.6. The standard InChI is InChI=1S/C36H47ClN2O6S/c1-23-7-5-9-33(44-20-24(2)43-4)30-13-10-28(30)19-39-21-36(16-6-8-26-17-29(37)12-14-31(26)36)22-45-34-15-11-27(18-32(34)39)35(40)38-46(41,42)25(23)3/h5,9,11-12,14-15,17-18,23-25,28,30,33H,6-8,10,13,16,19-22H2,1-4H3,(H,38,40)/b9-5+/t23-,24-,25+,28-,30+,33-,36-/m0/s1. The van der Waals surface area contributed by atoms with Gasteiger partial charge in [-0.05, 0) is 112 Å². The molecule has 8 nitrogen and oxygen atoms in total. The van der Waals surface area contributed by atoms with E-state index in [1.807, 2.05) is 32.0 Å². The Kier molecular flexibility index (Phi) is 9.77. The number of rotatable bonds is 4. The largest absolute Gasteiger partial charge is 0.490 e. The van der Waals surface area contributed by atoms with Gasteiger partial charge in [0, 0.05) is 36.2 Å². The third-order valence-corrected chi connectivity index (χ3v) is 13.1. The minimum absolute atomic E-state index is 0.0345. The number of nitrogens with one attached hydrogen (secondary N) is 1. The van der Waals surface area contributed by atoms with Crippen molar-refractivity contribution in [2.45, 2.75) is 82.2 Å². The molecule has 2 aromatic rings. The molecule has 1 spiro atoms. The molecule has 0 aromatic heterocycles. The summed E-state index contributed by atoms with van der Waals surface area (Å²) in [7, 11) is -2.23. The fourth-order valence-electron chi connectivity index (χ4n) is 7.63. The summed E-state index contributed by atoms with van der Waals surface area (Å²) in [5.74, 6) is 0.551. The molecule has 46 heavy (non-hydrogen) atoms. The van der Waals surface area contributed by atoms with Crippen LogP contribution in [0.25, 0.3) is 0 Å². The van der Waals surface area contributed by atoms with Crippen molar-refractivity contribution in [1.82, 2.24) is 4.72 Å². The van der Waals surface area contributed by atoms with Gasteiger partial charge in [-0.2, -0.15) is 0 Å². The first-order valence-electron chi connectivity index (χ1n) is 16.7. The van der Waals surface area contributed by atoms with Crippen LogP contribution in [0.1, 0.15) is 74.4 Å². The number of aryl methyl sites for hydroxylation is 1. The van der Waals surface area contributed by atoms with Crippen molar-refractivity contribution >= 4 is 33.2 Å². The molecule has 4 aliphatic rings. The highest BCUT2D eigenvalue weighted by molar-refractivity contribution is 7.90. The van der Waals surface area contributed by atoms with Crippen molar-refractivity contribution in [3.8, 4) is 5.75 Å². The van der Waals surface area contributed by atoms with Gasteiger partial charge >= 0.3 is 0 Å². The highest BCUT2D eigenvalue weighted by Crippen LogP contribution is 2.47. The summed E-state index contributed by atoms with van der Waals surface area (Å²) in [5, 5.41) is -0.0223. The molecule has 2 aliphatic heterocycles. The lowest BCUT2D eigenvalue weighted by atomic mass is 9.68. The summed E-state index contributed by atoms with van der Waals surface area (Å²) >= 11 is 6.44. The third-order valence-electron chi connectivity index (χ3n) is 10.9. The van der Waals surface area contributed by atoms with E-state index < -0.39 is 21.2 Å². The average Bonchev–Trinajstić information content (AvgIpc) is 3.17. The Balaban J connectivity index is 1.41. The number of methoxy groups -OCH3 is 1. The van der Waals surface area contributed by atoms with Crippen LogP contribution in [0, 0.1) is 17.8 Å². The lowest BCUT2D eigenvalue weighted by Crippen LogP contribution is -2.50. The molecule has 1 N–H and O–H groups in total. The quantitative estimate of drug-likeness (QED) is 0.382. The van der Waals surface area contributed by atoms with Gasteiger partial charge in [0.1, 0.15) is 5.75 Å². The van der Waals surface area contributed by atoms with Gasteiger partial charge in [0.2, 0.25) is 10.0 Å². The fraction of sp³-hybridized carbons (Fsp3) is 0.583. The lowest BCUT2D eigenvalue weighted by molar-refractivity contribution is -0.0530. The van der Waals surface area contributed by atoms with Gasteiger partial charge in [0.25, 0.3) is 5.91 Å². The number of allylic oxidation sites excluding steroid dienone is 1. The predicted molar refractivity (Wildman–Crippen MR) is 181 cm³/mol. The monoisotopic (exact) mass is 670 g/mol. The zero-order valence-corrected chi connectivity index (χ0v) is 28.9. The number of fused-ring (bicyclic) bond motifs is 4. The van der Waals surface area contributed by atoms with Crippen molar-refractivity contribution in [2.75, 3.05) is 38.3 Å². The van der Waals surface area contributed by atoms with Crippen molar-refractivity contribution in [2.24, 2.45) is 17.8 Å². The molecule has 7 atom stereocenters. The molecule has 10 heteroatoms. The van der Waals surface area contributed by atoms with Gasteiger partial charge in [0.15, 0.2) is 0 Å². The third kappa shape index (κ3) is 6.71. The number of anilines is 1. The van der Waals surface area contributed by atoms with E-state index in [2.05, 4.69) is 33.9 Å². The van der Waals surface area contributed by atoms with Gasteiger partial charge in [0.05, 0.1) is 36.4 Å². The maximum Gasteiger partial charge on any atom is 0.264 e. The van der Waals surface area contributed by atoms with Crippen molar-refractivity contribution in [3.63, 3.8) is 0 Å². The van der Waals surface area contributed by atoms with E-state index in [9.17, 15) is 13.2 Å². The number of sulfonamides is 1. The van der Waals surface area contributed by atoms with Crippen LogP contribution in [0.2, 0.25) is 5.02 Å². The van der Waals surface area contributed by atoms with Gasteiger partial charge in [-0.25, -0.2) is 13.1 Å². The number of benzene rings is 2. The second kappa shape index (κ2) is 13.5. The maximum atomic E-state index is 13.5. The summed E-state index contributed by atoms with van der Waals surface area (Å²) in [4.78, 5) is 15.9. The normalized spacial score (nSPS) is 32.2. The molecule has 0 unspecified atom stereocenters. The van der Waals surface area contributed by atoms with Crippen LogP contribution in [0.5, 0.6) is 5.75 Å². The number of hydrogen-bond donors (Lipinski definition) is 1. The lowest BCUT2D eigenvalue weighted by Gasteiger charge is -2.46. The molecular formula is C36H47ClN2O6S. The maximum absolute atomic E-state index is 13.5. The average molecular weight is 671 g/mol. The molecular weight excluding hydrogens is 624 g/mol. The number of ether oxygens (including phenoxy) is 3. The van der Waals surface area contributed by atoms with E-state index in [1.165, 1.54) is 11.1 Å². The summed E-state index contributed by atoms with van der Waals surface area (Å²) < 4.78 is 47.6. The van der Waals surface area contributed by atoms with E-state index in [1.54, 1.807) is 20.1 Å². The van der Waals surface area contributed by atoms with Gasteiger partial charge in [-0.15, -0.1) is 0 Å². The van der Waals surface area contributed by atoms with E-state index >= 15 is 0 Å². The highest BCUT2D eigenvalue weighted by Gasteiger charge is 2.44. The van der Waals surface area contributed by atoms with Crippen LogP contribution in [-0.2, 0) is 31.3 Å². The first kappa shape index (κ1) is 33.3. The number of nitrogens with zero attached hydrogens (tertiary/aromatic N) is 1. The minimum atomic E-state index is -3.92. The Labute approximate surface area is 278 Å². The number of halogens is 1. The zero-order valence-electron chi connectivity index (χ0n) is 27.3. The molecule has 1 fully saturated rings. The molecule has 2 bridgehead atoms. The number of hydrogen-bond acceptors (Lipinski definition) is 7. The van der Waals surface area contributed by atoms with Crippen molar-refractivity contribution < 1.29 is 27.4 Å². The van der Waals surface area contributed by atoms with Gasteiger partial charge < -0.3 is 19.1 Å². The van der Waals surface area contributed by atoms with Crippen molar-refractivity contribution in [1.29, 1.82) is 0 Å². The van der Waals surface area contributed by atoms with Crippen LogP contribution < -0.4 is 14.4 Å². The van der Waals surface area contributed by atoms with E-state index in [-0.39, 0.29) is 23.5 Å². The topological polar surface area (TPSA) is 94.2 Å². The number of carbonyl (C=O) groups is 1.